The van der Waals surface area contributed by atoms with Crippen molar-refractivity contribution in [2.24, 2.45) is 5.92 Å². The lowest BCUT2D eigenvalue weighted by molar-refractivity contribution is 0.357. The van der Waals surface area contributed by atoms with Gasteiger partial charge in [0.25, 0.3) is 0 Å². The quantitative estimate of drug-likeness (QED) is 0.849. The van der Waals surface area contributed by atoms with Gasteiger partial charge in [0.2, 0.25) is 10.0 Å². The van der Waals surface area contributed by atoms with Crippen molar-refractivity contribution in [2.45, 2.75) is 37.6 Å². The number of hydrogen-bond acceptors (Lipinski definition) is 3. The first kappa shape index (κ1) is 13.4. The van der Waals surface area contributed by atoms with Gasteiger partial charge in [-0.2, -0.15) is 4.31 Å². The zero-order valence-corrected chi connectivity index (χ0v) is 11.9. The summed E-state index contributed by atoms with van der Waals surface area (Å²) < 4.78 is 26.5. The number of aryl methyl sites for hydroxylation is 1. The van der Waals surface area contributed by atoms with E-state index in [2.05, 4.69) is 0 Å². The SMILES string of the molecule is Cc1cc(N)ccc1S(=O)(=O)N(C)C(C)C1CC1. The van der Waals surface area contributed by atoms with E-state index in [0.717, 1.165) is 12.8 Å². The van der Waals surface area contributed by atoms with Crippen molar-refractivity contribution in [2.75, 3.05) is 12.8 Å². The van der Waals surface area contributed by atoms with Crippen LogP contribution < -0.4 is 5.73 Å². The van der Waals surface area contributed by atoms with Crippen LogP contribution in [0.2, 0.25) is 0 Å². The highest BCUT2D eigenvalue weighted by molar-refractivity contribution is 7.89. The second-order valence-electron chi connectivity index (χ2n) is 5.12. The molecule has 100 valence electrons. The molecule has 1 unspecified atom stereocenters. The number of rotatable bonds is 4. The first-order valence-corrected chi connectivity index (χ1v) is 7.62. The van der Waals surface area contributed by atoms with E-state index in [4.69, 9.17) is 5.73 Å². The van der Waals surface area contributed by atoms with Crippen molar-refractivity contribution in [3.8, 4) is 0 Å². The maximum atomic E-state index is 12.5. The monoisotopic (exact) mass is 268 g/mol. The highest BCUT2D eigenvalue weighted by atomic mass is 32.2. The highest BCUT2D eigenvalue weighted by Crippen LogP contribution is 2.36. The normalized spacial score (nSPS) is 18.0. The average Bonchev–Trinajstić information content (AvgIpc) is 3.10. The van der Waals surface area contributed by atoms with E-state index in [1.54, 1.807) is 32.2 Å². The zero-order valence-electron chi connectivity index (χ0n) is 11.1. The molecule has 0 saturated heterocycles. The smallest absolute Gasteiger partial charge is 0.243 e. The highest BCUT2D eigenvalue weighted by Gasteiger charge is 2.36. The number of hydrogen-bond donors (Lipinski definition) is 1. The lowest BCUT2D eigenvalue weighted by atomic mass is 10.2. The number of anilines is 1. The molecule has 0 heterocycles. The second kappa shape index (κ2) is 4.55. The Kier molecular flexibility index (Phi) is 3.38. The van der Waals surface area contributed by atoms with E-state index in [1.165, 1.54) is 4.31 Å². The summed E-state index contributed by atoms with van der Waals surface area (Å²) in [5, 5.41) is 0. The number of nitrogen functional groups attached to an aromatic ring is 1. The summed E-state index contributed by atoms with van der Waals surface area (Å²) in [6.07, 6.45) is 2.25. The van der Waals surface area contributed by atoms with Crippen LogP contribution in [-0.4, -0.2) is 25.8 Å². The zero-order chi connectivity index (χ0) is 13.5. The van der Waals surface area contributed by atoms with Gasteiger partial charge in [-0.25, -0.2) is 8.42 Å². The minimum Gasteiger partial charge on any atom is -0.399 e. The molecule has 1 atom stereocenters. The number of nitrogens with two attached hydrogens (primary N) is 1. The van der Waals surface area contributed by atoms with Gasteiger partial charge in [-0.3, -0.25) is 0 Å². The Balaban J connectivity index is 2.34. The Labute approximate surface area is 109 Å². The predicted octanol–water partition coefficient (Wildman–Crippen LogP) is 2.00. The molecule has 1 aromatic rings. The fraction of sp³-hybridized carbons (Fsp3) is 0.538. The summed E-state index contributed by atoms with van der Waals surface area (Å²) >= 11 is 0. The molecule has 18 heavy (non-hydrogen) atoms. The number of sulfonamides is 1. The van der Waals surface area contributed by atoms with Crippen LogP contribution in [0, 0.1) is 12.8 Å². The largest absolute Gasteiger partial charge is 0.399 e. The van der Waals surface area contributed by atoms with Crippen LogP contribution in [-0.2, 0) is 10.0 Å². The minimum atomic E-state index is -3.41. The molecule has 0 spiro atoms. The van der Waals surface area contributed by atoms with E-state index in [9.17, 15) is 8.42 Å². The number of benzene rings is 1. The number of nitrogens with zero attached hydrogens (tertiary/aromatic N) is 1. The molecule has 1 aliphatic rings. The summed E-state index contributed by atoms with van der Waals surface area (Å²) in [7, 11) is -1.75. The van der Waals surface area contributed by atoms with E-state index in [0.29, 0.717) is 22.1 Å². The maximum Gasteiger partial charge on any atom is 0.243 e. The molecule has 0 amide bonds. The molecule has 5 heteroatoms. The standard InChI is InChI=1S/C13H20N2O2S/c1-9-8-12(14)6-7-13(9)18(16,17)15(3)10(2)11-4-5-11/h6-8,10-11H,4-5,14H2,1-3H3. The van der Waals surface area contributed by atoms with Gasteiger partial charge in [0.15, 0.2) is 0 Å². The van der Waals surface area contributed by atoms with Crippen LogP contribution in [0.5, 0.6) is 0 Å². The molecular formula is C13H20N2O2S. The Morgan fingerprint density at radius 3 is 2.50 bits per heavy atom. The summed E-state index contributed by atoms with van der Waals surface area (Å²) in [5.74, 6) is 0.513. The second-order valence-corrected chi connectivity index (χ2v) is 7.09. The first-order chi connectivity index (χ1) is 8.34. The summed E-state index contributed by atoms with van der Waals surface area (Å²) in [6.45, 7) is 3.75. The lowest BCUT2D eigenvalue weighted by Gasteiger charge is -2.25. The molecule has 0 aliphatic heterocycles. The third-order valence-corrected chi connectivity index (χ3v) is 5.84. The average molecular weight is 268 g/mol. The van der Waals surface area contributed by atoms with E-state index in [1.807, 2.05) is 6.92 Å². The molecule has 1 saturated carbocycles. The van der Waals surface area contributed by atoms with Gasteiger partial charge in [0.1, 0.15) is 0 Å². The van der Waals surface area contributed by atoms with Crippen LogP contribution in [0.1, 0.15) is 25.3 Å². The molecule has 0 aromatic heterocycles. The molecule has 2 rings (SSSR count). The molecule has 1 aliphatic carbocycles. The molecule has 2 N–H and O–H groups in total. The van der Waals surface area contributed by atoms with Gasteiger partial charge in [-0.15, -0.1) is 0 Å². The summed E-state index contributed by atoms with van der Waals surface area (Å²) in [6, 6.07) is 4.99. The molecule has 0 radical (unpaired) electrons. The Hall–Kier alpha value is -1.07. The fourth-order valence-corrected chi connectivity index (χ4v) is 3.84. The summed E-state index contributed by atoms with van der Waals surface area (Å²) in [5.41, 5.74) is 6.94. The van der Waals surface area contributed by atoms with Crippen LogP contribution >= 0.6 is 0 Å². The van der Waals surface area contributed by atoms with Crippen LogP contribution in [0.3, 0.4) is 0 Å². The van der Waals surface area contributed by atoms with Crippen LogP contribution in [0.25, 0.3) is 0 Å². The molecule has 1 fully saturated rings. The van der Waals surface area contributed by atoms with Crippen LogP contribution in [0.4, 0.5) is 5.69 Å². The van der Waals surface area contributed by atoms with Crippen molar-refractivity contribution in [1.82, 2.24) is 4.31 Å². The van der Waals surface area contributed by atoms with Crippen molar-refractivity contribution in [3.05, 3.63) is 23.8 Å². The van der Waals surface area contributed by atoms with Crippen molar-refractivity contribution >= 4 is 15.7 Å². The molecule has 4 nitrogen and oxygen atoms in total. The first-order valence-electron chi connectivity index (χ1n) is 6.18. The van der Waals surface area contributed by atoms with Gasteiger partial charge in [-0.05, 0) is 56.4 Å². The Morgan fingerprint density at radius 2 is 2.00 bits per heavy atom. The van der Waals surface area contributed by atoms with Crippen LogP contribution in [0.15, 0.2) is 23.1 Å². The van der Waals surface area contributed by atoms with Gasteiger partial charge >= 0.3 is 0 Å². The third kappa shape index (κ3) is 2.37. The minimum absolute atomic E-state index is 0.0620. The van der Waals surface area contributed by atoms with Crippen molar-refractivity contribution in [3.63, 3.8) is 0 Å². The Bertz CT molecular complexity index is 550. The molecular weight excluding hydrogens is 248 g/mol. The van der Waals surface area contributed by atoms with Crippen molar-refractivity contribution < 1.29 is 8.42 Å². The lowest BCUT2D eigenvalue weighted by Crippen LogP contribution is -2.36. The predicted molar refractivity (Wildman–Crippen MR) is 72.7 cm³/mol. The fourth-order valence-electron chi connectivity index (χ4n) is 2.21. The van der Waals surface area contributed by atoms with Gasteiger partial charge in [0, 0.05) is 18.8 Å². The summed E-state index contributed by atoms with van der Waals surface area (Å²) in [4.78, 5) is 0.353. The topological polar surface area (TPSA) is 63.4 Å². The molecule has 1 aromatic carbocycles. The third-order valence-electron chi connectivity index (χ3n) is 3.73. The van der Waals surface area contributed by atoms with E-state index >= 15 is 0 Å². The maximum absolute atomic E-state index is 12.5. The Morgan fingerprint density at radius 1 is 1.39 bits per heavy atom. The van der Waals surface area contributed by atoms with Gasteiger partial charge in [-0.1, -0.05) is 0 Å². The van der Waals surface area contributed by atoms with Gasteiger partial charge in [0.05, 0.1) is 4.90 Å². The van der Waals surface area contributed by atoms with Gasteiger partial charge < -0.3 is 5.73 Å². The molecule has 0 bridgehead atoms. The van der Waals surface area contributed by atoms with E-state index in [-0.39, 0.29) is 6.04 Å². The van der Waals surface area contributed by atoms with E-state index < -0.39 is 10.0 Å². The van der Waals surface area contributed by atoms with Crippen molar-refractivity contribution in [1.29, 1.82) is 0 Å².